The lowest BCUT2D eigenvalue weighted by Crippen LogP contribution is -2.26. The molecule has 1 aliphatic rings. The van der Waals surface area contributed by atoms with Gasteiger partial charge in [0.1, 0.15) is 4.83 Å². The van der Waals surface area contributed by atoms with Gasteiger partial charge in [-0.1, -0.05) is 54.2 Å². The highest BCUT2D eigenvalue weighted by Crippen LogP contribution is 2.37. The van der Waals surface area contributed by atoms with Gasteiger partial charge in [0.25, 0.3) is 5.56 Å². The highest BCUT2D eigenvalue weighted by molar-refractivity contribution is 8.00. The molecule has 1 unspecified atom stereocenters. The summed E-state index contributed by atoms with van der Waals surface area (Å²) in [5.74, 6) is -0.181. The first kappa shape index (κ1) is 25.0. The van der Waals surface area contributed by atoms with Gasteiger partial charge in [-0.25, -0.2) is 9.97 Å². The van der Waals surface area contributed by atoms with Crippen LogP contribution in [0, 0.1) is 13.8 Å². The number of carbonyl (C=O) groups excluding carboxylic acids is 1. The van der Waals surface area contributed by atoms with Gasteiger partial charge in [0.05, 0.1) is 22.0 Å². The van der Waals surface area contributed by atoms with Gasteiger partial charge in [-0.05, 0) is 62.8 Å². The molecular weight excluding hydrogens is 533 g/mol. The first-order chi connectivity index (χ1) is 18.4. The Morgan fingerprint density at radius 1 is 1.11 bits per heavy atom. The second-order valence-electron chi connectivity index (χ2n) is 9.52. The topological polar surface area (TPSA) is 76.9 Å². The molecule has 0 aliphatic heterocycles. The summed E-state index contributed by atoms with van der Waals surface area (Å²) in [6, 6.07) is 16.0. The number of carbonyl (C=O) groups is 1. The summed E-state index contributed by atoms with van der Waals surface area (Å²) in [5, 5.41) is 6.21. The second-order valence-corrected chi connectivity index (χ2v) is 12.8. The molecule has 1 N–H and O–H groups in total. The predicted molar refractivity (Wildman–Crippen MR) is 158 cm³/mol. The van der Waals surface area contributed by atoms with Gasteiger partial charge in [-0.2, -0.15) is 0 Å². The first-order valence-corrected chi connectivity index (χ1v) is 15.1. The van der Waals surface area contributed by atoms with Crippen molar-refractivity contribution in [3.63, 3.8) is 0 Å². The molecule has 0 saturated carbocycles. The Kier molecular flexibility index (Phi) is 6.67. The summed E-state index contributed by atoms with van der Waals surface area (Å²) in [6.45, 7) is 5.85. The monoisotopic (exact) mass is 558 g/mol. The minimum atomic E-state index is -0.494. The van der Waals surface area contributed by atoms with Crippen molar-refractivity contribution >= 4 is 55.7 Å². The van der Waals surface area contributed by atoms with Crippen LogP contribution in [0.1, 0.15) is 34.9 Å². The fraction of sp³-hybridized carbons (Fsp3) is 0.241. The van der Waals surface area contributed by atoms with Crippen LogP contribution in [0.15, 0.2) is 63.9 Å². The summed E-state index contributed by atoms with van der Waals surface area (Å²) < 4.78 is 1.71. The van der Waals surface area contributed by atoms with Crippen LogP contribution in [0.4, 0.5) is 5.13 Å². The van der Waals surface area contributed by atoms with Crippen LogP contribution in [0.2, 0.25) is 0 Å². The predicted octanol–water partition coefficient (Wildman–Crippen LogP) is 6.80. The smallest absolute Gasteiger partial charge is 0.267 e. The maximum Gasteiger partial charge on any atom is 0.267 e. The van der Waals surface area contributed by atoms with Crippen LogP contribution < -0.4 is 10.9 Å². The van der Waals surface area contributed by atoms with Gasteiger partial charge in [0.15, 0.2) is 10.3 Å². The minimum Gasteiger partial charge on any atom is -0.301 e. The molecule has 1 aliphatic carbocycles. The van der Waals surface area contributed by atoms with E-state index in [1.165, 1.54) is 28.0 Å². The molecule has 2 aromatic carbocycles. The number of hydrogen-bond donors (Lipinski definition) is 1. The summed E-state index contributed by atoms with van der Waals surface area (Å²) >= 11 is 4.32. The third-order valence-electron chi connectivity index (χ3n) is 6.77. The van der Waals surface area contributed by atoms with Gasteiger partial charge in [-0.15, -0.1) is 22.7 Å². The Balaban J connectivity index is 1.34. The maximum atomic E-state index is 14.0. The molecule has 0 bridgehead atoms. The zero-order chi connectivity index (χ0) is 26.4. The van der Waals surface area contributed by atoms with Crippen LogP contribution in [0.3, 0.4) is 0 Å². The molecule has 0 radical (unpaired) electrons. The van der Waals surface area contributed by atoms with Crippen molar-refractivity contribution in [2.45, 2.75) is 50.4 Å². The van der Waals surface area contributed by atoms with Crippen LogP contribution in [0.25, 0.3) is 27.2 Å². The van der Waals surface area contributed by atoms with E-state index in [9.17, 15) is 9.59 Å². The fourth-order valence-corrected chi connectivity index (χ4v) is 7.71. The summed E-state index contributed by atoms with van der Waals surface area (Å²) in [5.41, 5.74) is 5.79. The van der Waals surface area contributed by atoms with Gasteiger partial charge in [-0.3, -0.25) is 14.2 Å². The Hall–Kier alpha value is -3.27. The molecule has 1 atom stereocenters. The van der Waals surface area contributed by atoms with Crippen LogP contribution in [-0.2, 0) is 17.6 Å². The van der Waals surface area contributed by atoms with Crippen molar-refractivity contribution in [2.24, 2.45) is 0 Å². The molecule has 3 heterocycles. The molecular formula is C29H26N4O2S3. The van der Waals surface area contributed by atoms with Crippen molar-refractivity contribution in [1.29, 1.82) is 0 Å². The maximum absolute atomic E-state index is 14.0. The number of amides is 1. The largest absolute Gasteiger partial charge is 0.301 e. The molecule has 192 valence electrons. The van der Waals surface area contributed by atoms with Crippen molar-refractivity contribution in [3.8, 4) is 16.9 Å². The minimum absolute atomic E-state index is 0.0503. The lowest BCUT2D eigenvalue weighted by Gasteiger charge is -2.17. The number of thioether (sulfide) groups is 1. The molecule has 38 heavy (non-hydrogen) atoms. The van der Waals surface area contributed by atoms with Gasteiger partial charge < -0.3 is 5.32 Å². The van der Waals surface area contributed by atoms with E-state index in [1.807, 2.05) is 74.7 Å². The first-order valence-electron chi connectivity index (χ1n) is 12.5. The van der Waals surface area contributed by atoms with E-state index in [4.69, 9.17) is 4.98 Å². The van der Waals surface area contributed by atoms with Gasteiger partial charge in [0.2, 0.25) is 5.91 Å². The van der Waals surface area contributed by atoms with Crippen LogP contribution in [-0.4, -0.2) is 25.7 Å². The van der Waals surface area contributed by atoms with Crippen LogP contribution in [0.5, 0.6) is 0 Å². The summed E-state index contributed by atoms with van der Waals surface area (Å²) in [7, 11) is 0. The number of nitrogens with zero attached hydrogens (tertiary/aromatic N) is 3. The van der Waals surface area contributed by atoms with Gasteiger partial charge >= 0.3 is 0 Å². The van der Waals surface area contributed by atoms with E-state index in [-0.39, 0.29) is 11.5 Å². The molecule has 6 nitrogen and oxygen atoms in total. The van der Waals surface area contributed by atoms with E-state index in [2.05, 4.69) is 10.3 Å². The lowest BCUT2D eigenvalue weighted by molar-refractivity contribution is -0.115. The highest BCUT2D eigenvalue weighted by atomic mass is 32.2. The van der Waals surface area contributed by atoms with E-state index >= 15 is 0 Å². The van der Waals surface area contributed by atoms with Crippen LogP contribution >= 0.6 is 34.4 Å². The van der Waals surface area contributed by atoms with E-state index in [0.717, 1.165) is 63.1 Å². The zero-order valence-electron chi connectivity index (χ0n) is 21.3. The molecule has 5 aromatic rings. The number of anilines is 1. The Morgan fingerprint density at radius 2 is 1.92 bits per heavy atom. The molecule has 0 fully saturated rings. The average Bonchev–Trinajstić information content (AvgIpc) is 3.63. The summed E-state index contributed by atoms with van der Waals surface area (Å²) in [4.78, 5) is 38.8. The number of aromatic nitrogens is 3. The Morgan fingerprint density at radius 3 is 2.74 bits per heavy atom. The van der Waals surface area contributed by atoms with E-state index in [0.29, 0.717) is 10.3 Å². The quantitative estimate of drug-likeness (QED) is 0.183. The normalized spacial score (nSPS) is 13.6. The molecule has 3 aromatic heterocycles. The van der Waals surface area contributed by atoms with Crippen molar-refractivity contribution in [2.75, 3.05) is 5.32 Å². The number of rotatable bonds is 6. The Labute approximate surface area is 232 Å². The van der Waals surface area contributed by atoms with Crippen molar-refractivity contribution in [3.05, 3.63) is 85.8 Å². The molecule has 1 amide bonds. The molecule has 0 spiro atoms. The number of benzene rings is 2. The number of hydrogen-bond acceptors (Lipinski definition) is 7. The SMILES string of the molecule is Cc1ccc(C)c(-n2c(SC(C)C(=O)Nc3nc(-c4ccccc4)cs3)nc3sc4c(c3c2=O)CCC4)c1. The number of fused-ring (bicyclic) bond motifs is 3. The summed E-state index contributed by atoms with van der Waals surface area (Å²) in [6.07, 6.45) is 3.00. The third-order valence-corrected chi connectivity index (χ3v) is 9.76. The number of aryl methyl sites for hydroxylation is 4. The second kappa shape index (κ2) is 10.1. The number of thiazole rings is 1. The molecule has 9 heteroatoms. The fourth-order valence-electron chi connectivity index (χ4n) is 4.77. The van der Waals surface area contributed by atoms with Crippen molar-refractivity contribution < 1.29 is 4.79 Å². The molecule has 0 saturated heterocycles. The third kappa shape index (κ3) is 4.59. The zero-order valence-corrected chi connectivity index (χ0v) is 23.7. The van der Waals surface area contributed by atoms with Crippen molar-refractivity contribution in [1.82, 2.24) is 14.5 Å². The highest BCUT2D eigenvalue weighted by Gasteiger charge is 2.26. The average molecular weight is 559 g/mol. The van der Waals surface area contributed by atoms with E-state index in [1.54, 1.807) is 15.9 Å². The van der Waals surface area contributed by atoms with E-state index < -0.39 is 5.25 Å². The Bertz CT molecular complexity index is 1740. The standard InChI is InChI=1S/C29H26N4O2S3/c1-16-12-13-17(2)22(14-16)33-27(35)24-20-10-7-11-23(20)38-26(24)32-29(33)37-18(3)25(34)31-28-30-21(15-36-28)19-8-5-4-6-9-19/h4-6,8-9,12-15,18H,7,10-11H2,1-3H3,(H,30,31,34). The number of thiophene rings is 1. The number of nitrogens with one attached hydrogen (secondary N) is 1. The van der Waals surface area contributed by atoms with Gasteiger partial charge in [0, 0.05) is 15.8 Å². The lowest BCUT2D eigenvalue weighted by atomic mass is 10.1. The molecule has 6 rings (SSSR count).